The molecular formula is C16H16FN3O. The van der Waals surface area contributed by atoms with E-state index in [2.05, 4.69) is 9.97 Å². The molecule has 0 radical (unpaired) electrons. The molecule has 0 atom stereocenters. The minimum absolute atomic E-state index is 0.0734. The number of rotatable bonds is 2. The molecule has 1 aliphatic heterocycles. The number of piperidine rings is 1. The third kappa shape index (κ3) is 3.07. The highest BCUT2D eigenvalue weighted by atomic mass is 19.1. The second kappa shape index (κ2) is 5.99. The van der Waals surface area contributed by atoms with Crippen LogP contribution >= 0.6 is 0 Å². The van der Waals surface area contributed by atoms with Gasteiger partial charge in [0, 0.05) is 31.7 Å². The van der Waals surface area contributed by atoms with Crippen molar-refractivity contribution >= 4 is 5.91 Å². The van der Waals surface area contributed by atoms with Gasteiger partial charge in [0.15, 0.2) is 0 Å². The molecule has 1 fully saturated rings. The van der Waals surface area contributed by atoms with Crippen LogP contribution in [0.15, 0.2) is 42.9 Å². The first kappa shape index (κ1) is 13.7. The van der Waals surface area contributed by atoms with Gasteiger partial charge in [-0.3, -0.25) is 9.78 Å². The van der Waals surface area contributed by atoms with E-state index in [-0.39, 0.29) is 5.91 Å². The van der Waals surface area contributed by atoms with E-state index >= 15 is 0 Å². The van der Waals surface area contributed by atoms with Gasteiger partial charge in [-0.25, -0.2) is 4.98 Å². The Bertz CT molecular complexity index is 607. The summed E-state index contributed by atoms with van der Waals surface area (Å²) < 4.78 is 12.8. The van der Waals surface area contributed by atoms with Crippen LogP contribution in [-0.2, 0) is 0 Å². The molecule has 0 spiro atoms. The Hall–Kier alpha value is -2.30. The maximum atomic E-state index is 12.8. The predicted octanol–water partition coefficient (Wildman–Crippen LogP) is 2.64. The number of likely N-dealkylation sites (tertiary alicyclic amines) is 1. The van der Waals surface area contributed by atoms with Crippen LogP contribution in [0.5, 0.6) is 0 Å². The number of halogens is 1. The van der Waals surface area contributed by atoms with E-state index in [1.165, 1.54) is 23.9 Å². The summed E-state index contributed by atoms with van der Waals surface area (Å²) in [4.78, 5) is 21.7. The van der Waals surface area contributed by atoms with Gasteiger partial charge >= 0.3 is 0 Å². The summed E-state index contributed by atoms with van der Waals surface area (Å²) in [5.41, 5.74) is 1.72. The zero-order valence-corrected chi connectivity index (χ0v) is 11.6. The molecule has 0 aromatic carbocycles. The lowest BCUT2D eigenvalue weighted by Crippen LogP contribution is -2.38. The molecule has 1 aliphatic rings. The molecule has 0 unspecified atom stereocenters. The highest BCUT2D eigenvalue weighted by Crippen LogP contribution is 2.28. The molecule has 3 heterocycles. The monoisotopic (exact) mass is 285 g/mol. The fourth-order valence-electron chi connectivity index (χ4n) is 2.74. The van der Waals surface area contributed by atoms with Gasteiger partial charge in [-0.05, 0) is 48.6 Å². The summed E-state index contributed by atoms with van der Waals surface area (Å²) in [5, 5.41) is 0. The van der Waals surface area contributed by atoms with Crippen molar-refractivity contribution in [3.05, 3.63) is 59.9 Å². The Balaban J connectivity index is 1.63. The number of nitrogens with zero attached hydrogens (tertiary/aromatic N) is 3. The number of hydrogen-bond donors (Lipinski definition) is 0. The lowest BCUT2D eigenvalue weighted by Gasteiger charge is -2.32. The smallest absolute Gasteiger partial charge is 0.255 e. The Kier molecular flexibility index (Phi) is 3.90. The topological polar surface area (TPSA) is 46.1 Å². The SMILES string of the molecule is O=C(c1ccc(F)nc1)N1CCC(c2ccncc2)CC1. The van der Waals surface area contributed by atoms with E-state index < -0.39 is 5.95 Å². The van der Waals surface area contributed by atoms with E-state index in [0.29, 0.717) is 24.6 Å². The quantitative estimate of drug-likeness (QED) is 0.797. The molecule has 0 bridgehead atoms. The van der Waals surface area contributed by atoms with Crippen molar-refractivity contribution in [2.45, 2.75) is 18.8 Å². The Labute approximate surface area is 122 Å². The van der Waals surface area contributed by atoms with Crippen LogP contribution in [0.1, 0.15) is 34.7 Å². The minimum Gasteiger partial charge on any atom is -0.339 e. The average Bonchev–Trinajstić information content (AvgIpc) is 2.56. The molecule has 0 saturated carbocycles. The Morgan fingerprint density at radius 2 is 1.86 bits per heavy atom. The van der Waals surface area contributed by atoms with Crippen LogP contribution in [0.3, 0.4) is 0 Å². The van der Waals surface area contributed by atoms with Gasteiger partial charge < -0.3 is 4.90 Å². The Morgan fingerprint density at radius 1 is 1.14 bits per heavy atom. The van der Waals surface area contributed by atoms with Gasteiger partial charge in [0.1, 0.15) is 0 Å². The number of hydrogen-bond acceptors (Lipinski definition) is 3. The van der Waals surface area contributed by atoms with E-state index in [9.17, 15) is 9.18 Å². The van der Waals surface area contributed by atoms with E-state index in [1.807, 2.05) is 17.0 Å². The molecule has 0 aliphatic carbocycles. The molecule has 108 valence electrons. The number of amides is 1. The second-order valence-electron chi connectivity index (χ2n) is 5.22. The first-order valence-corrected chi connectivity index (χ1v) is 7.05. The van der Waals surface area contributed by atoms with Gasteiger partial charge in [0.05, 0.1) is 5.56 Å². The molecule has 21 heavy (non-hydrogen) atoms. The third-order valence-corrected chi connectivity index (χ3v) is 3.93. The normalized spacial score (nSPS) is 16.0. The van der Waals surface area contributed by atoms with E-state index in [4.69, 9.17) is 0 Å². The molecular weight excluding hydrogens is 269 g/mol. The first-order chi connectivity index (χ1) is 10.2. The van der Waals surface area contributed by atoms with Gasteiger partial charge in [-0.1, -0.05) is 0 Å². The van der Waals surface area contributed by atoms with Crippen LogP contribution in [0.25, 0.3) is 0 Å². The fraction of sp³-hybridized carbons (Fsp3) is 0.312. The van der Waals surface area contributed by atoms with E-state index in [0.717, 1.165) is 12.8 Å². The van der Waals surface area contributed by atoms with Gasteiger partial charge in [-0.2, -0.15) is 4.39 Å². The summed E-state index contributed by atoms with van der Waals surface area (Å²) in [7, 11) is 0. The molecule has 2 aromatic rings. The molecule has 0 N–H and O–H groups in total. The van der Waals surface area contributed by atoms with Crippen molar-refractivity contribution < 1.29 is 9.18 Å². The number of carbonyl (C=O) groups excluding carboxylic acids is 1. The van der Waals surface area contributed by atoms with Crippen LogP contribution in [0.4, 0.5) is 4.39 Å². The first-order valence-electron chi connectivity index (χ1n) is 7.05. The standard InChI is InChI=1S/C16H16FN3O/c17-15-2-1-14(11-19-15)16(21)20-9-5-13(6-10-20)12-3-7-18-8-4-12/h1-4,7-8,11,13H,5-6,9-10H2. The van der Waals surface area contributed by atoms with Crippen molar-refractivity contribution in [3.63, 3.8) is 0 Å². The number of carbonyl (C=O) groups is 1. The molecule has 4 nitrogen and oxygen atoms in total. The van der Waals surface area contributed by atoms with Crippen molar-refractivity contribution in [1.82, 2.24) is 14.9 Å². The summed E-state index contributed by atoms with van der Waals surface area (Å²) in [5.74, 6) is -0.165. The zero-order chi connectivity index (χ0) is 14.7. The summed E-state index contributed by atoms with van der Waals surface area (Å²) in [6, 6.07) is 6.77. The molecule has 5 heteroatoms. The molecule has 1 amide bonds. The third-order valence-electron chi connectivity index (χ3n) is 3.93. The summed E-state index contributed by atoms with van der Waals surface area (Å²) >= 11 is 0. The summed E-state index contributed by atoms with van der Waals surface area (Å²) in [6.45, 7) is 1.42. The van der Waals surface area contributed by atoms with Crippen molar-refractivity contribution in [1.29, 1.82) is 0 Å². The van der Waals surface area contributed by atoms with E-state index in [1.54, 1.807) is 12.4 Å². The van der Waals surface area contributed by atoms with Crippen LogP contribution in [-0.4, -0.2) is 33.9 Å². The number of pyridine rings is 2. The van der Waals surface area contributed by atoms with Crippen LogP contribution in [0.2, 0.25) is 0 Å². The highest BCUT2D eigenvalue weighted by molar-refractivity contribution is 5.93. The lowest BCUT2D eigenvalue weighted by atomic mass is 9.90. The van der Waals surface area contributed by atoms with Gasteiger partial charge in [0.2, 0.25) is 5.95 Å². The summed E-state index contributed by atoms with van der Waals surface area (Å²) in [6.07, 6.45) is 6.77. The highest BCUT2D eigenvalue weighted by Gasteiger charge is 2.24. The van der Waals surface area contributed by atoms with Crippen molar-refractivity contribution in [2.75, 3.05) is 13.1 Å². The molecule has 2 aromatic heterocycles. The van der Waals surface area contributed by atoms with Crippen molar-refractivity contribution in [2.24, 2.45) is 0 Å². The van der Waals surface area contributed by atoms with Gasteiger partial charge in [-0.15, -0.1) is 0 Å². The number of aromatic nitrogens is 2. The molecule has 1 saturated heterocycles. The maximum absolute atomic E-state index is 12.8. The van der Waals surface area contributed by atoms with Gasteiger partial charge in [0.25, 0.3) is 5.91 Å². The van der Waals surface area contributed by atoms with Crippen LogP contribution in [0, 0.1) is 5.95 Å². The second-order valence-corrected chi connectivity index (χ2v) is 5.22. The van der Waals surface area contributed by atoms with Crippen molar-refractivity contribution in [3.8, 4) is 0 Å². The zero-order valence-electron chi connectivity index (χ0n) is 11.6. The predicted molar refractivity (Wildman–Crippen MR) is 76.3 cm³/mol. The lowest BCUT2D eigenvalue weighted by molar-refractivity contribution is 0.0712. The largest absolute Gasteiger partial charge is 0.339 e. The Morgan fingerprint density at radius 3 is 2.48 bits per heavy atom. The molecule has 3 rings (SSSR count). The van der Waals surface area contributed by atoms with Crippen LogP contribution < -0.4 is 0 Å². The fourth-order valence-corrected chi connectivity index (χ4v) is 2.74. The minimum atomic E-state index is -0.567. The average molecular weight is 285 g/mol. The maximum Gasteiger partial charge on any atom is 0.255 e.